The summed E-state index contributed by atoms with van der Waals surface area (Å²) in [6.45, 7) is 4.79. The van der Waals surface area contributed by atoms with Gasteiger partial charge in [-0.15, -0.1) is 23.1 Å². The molecule has 3 amide bonds. The maximum atomic E-state index is 13.0. The molecule has 2 aromatic carbocycles. The number of nitrogens with one attached hydrogen (secondary N) is 3. The minimum atomic E-state index is -0.642. The zero-order valence-electron chi connectivity index (χ0n) is 19.6. The molecule has 1 atom stereocenters. The van der Waals surface area contributed by atoms with Gasteiger partial charge in [-0.1, -0.05) is 24.3 Å². The number of amides is 3. The van der Waals surface area contributed by atoms with Gasteiger partial charge in [-0.05, 0) is 49.7 Å². The maximum absolute atomic E-state index is 13.0. The van der Waals surface area contributed by atoms with Gasteiger partial charge in [0, 0.05) is 23.2 Å². The van der Waals surface area contributed by atoms with E-state index in [1.54, 1.807) is 56.3 Å². The number of rotatable bonds is 8. The Hall–Kier alpha value is -3.63. The summed E-state index contributed by atoms with van der Waals surface area (Å²) in [6.07, 6.45) is 0. The van der Waals surface area contributed by atoms with Crippen molar-refractivity contribution < 1.29 is 23.9 Å². The van der Waals surface area contributed by atoms with Gasteiger partial charge in [0.2, 0.25) is 11.8 Å². The minimum Gasteiger partial charge on any atom is -0.465 e. The van der Waals surface area contributed by atoms with Crippen molar-refractivity contribution in [2.45, 2.75) is 30.9 Å². The van der Waals surface area contributed by atoms with Gasteiger partial charge in [0.1, 0.15) is 5.00 Å². The summed E-state index contributed by atoms with van der Waals surface area (Å²) in [5, 5.41) is 8.00. The van der Waals surface area contributed by atoms with Crippen molar-refractivity contribution in [3.05, 3.63) is 70.6 Å². The number of thioether (sulfide) groups is 1. The molecule has 0 saturated carbocycles. The van der Waals surface area contributed by atoms with Gasteiger partial charge in [0.05, 0.1) is 22.8 Å². The smallest absolute Gasteiger partial charge is 0.341 e. The van der Waals surface area contributed by atoms with E-state index >= 15 is 0 Å². The molecule has 1 aromatic heterocycles. The highest BCUT2D eigenvalue weighted by Crippen LogP contribution is 2.35. The number of carbonyl (C=O) groups excluding carboxylic acids is 4. The first-order valence-corrected chi connectivity index (χ1v) is 12.3. The zero-order chi connectivity index (χ0) is 25.5. The molecule has 3 N–H and O–H groups in total. The van der Waals surface area contributed by atoms with Crippen LogP contribution in [-0.2, 0) is 14.3 Å². The van der Waals surface area contributed by atoms with E-state index in [0.29, 0.717) is 21.8 Å². The second kappa shape index (κ2) is 11.7. The number of hydrogen-bond donors (Lipinski definition) is 3. The van der Waals surface area contributed by atoms with E-state index in [1.807, 2.05) is 12.1 Å². The van der Waals surface area contributed by atoms with Crippen molar-refractivity contribution in [1.29, 1.82) is 0 Å². The Bertz CT molecular complexity index is 1260. The van der Waals surface area contributed by atoms with Crippen LogP contribution in [0.5, 0.6) is 0 Å². The predicted molar refractivity (Wildman–Crippen MR) is 139 cm³/mol. The molecule has 3 rings (SSSR count). The van der Waals surface area contributed by atoms with Crippen molar-refractivity contribution >= 4 is 63.2 Å². The lowest BCUT2D eigenvalue weighted by Gasteiger charge is -2.13. The molecule has 0 aliphatic rings. The van der Waals surface area contributed by atoms with Gasteiger partial charge >= 0.3 is 5.97 Å². The van der Waals surface area contributed by atoms with Crippen LogP contribution in [0.1, 0.15) is 39.4 Å². The zero-order valence-corrected chi connectivity index (χ0v) is 21.3. The highest BCUT2D eigenvalue weighted by molar-refractivity contribution is 8.00. The molecule has 0 bridgehead atoms. The molecule has 1 heterocycles. The van der Waals surface area contributed by atoms with Crippen molar-refractivity contribution in [3.8, 4) is 0 Å². The van der Waals surface area contributed by atoms with Crippen LogP contribution in [-0.4, -0.2) is 36.1 Å². The molecule has 0 aliphatic carbocycles. The summed E-state index contributed by atoms with van der Waals surface area (Å²) in [7, 11) is 1.25. The van der Waals surface area contributed by atoms with E-state index in [-0.39, 0.29) is 28.3 Å². The van der Waals surface area contributed by atoms with Crippen molar-refractivity contribution in [1.82, 2.24) is 0 Å². The number of methoxy groups -OCH3 is 1. The first-order valence-electron chi connectivity index (χ1n) is 10.6. The molecule has 0 spiro atoms. The average molecular weight is 512 g/mol. The molecular weight excluding hydrogens is 486 g/mol. The lowest BCUT2D eigenvalue weighted by Crippen LogP contribution is -2.23. The quantitative estimate of drug-likeness (QED) is 0.284. The molecular formula is C25H25N3O5S2. The normalized spacial score (nSPS) is 11.3. The monoisotopic (exact) mass is 511 g/mol. The summed E-state index contributed by atoms with van der Waals surface area (Å²) < 4.78 is 4.90. The van der Waals surface area contributed by atoms with E-state index in [4.69, 9.17) is 4.74 Å². The number of para-hydroxylation sites is 1. The average Bonchev–Trinajstić information content (AvgIpc) is 3.14. The number of hydrogen-bond acceptors (Lipinski definition) is 7. The van der Waals surface area contributed by atoms with Gasteiger partial charge in [-0.25, -0.2) is 4.79 Å². The van der Waals surface area contributed by atoms with Crippen LogP contribution in [0.3, 0.4) is 0 Å². The number of thiophene rings is 1. The van der Waals surface area contributed by atoms with Gasteiger partial charge < -0.3 is 20.7 Å². The third-order valence-corrected chi connectivity index (χ3v) is 7.15. The predicted octanol–water partition coefficient (Wildman–Crippen LogP) is 5.17. The fraction of sp³-hybridized carbons (Fsp3) is 0.200. The van der Waals surface area contributed by atoms with Gasteiger partial charge in [-0.2, -0.15) is 0 Å². The maximum Gasteiger partial charge on any atom is 0.341 e. The molecule has 8 nitrogen and oxygen atoms in total. The number of carbonyl (C=O) groups is 4. The highest BCUT2D eigenvalue weighted by Gasteiger charge is 2.27. The Kier molecular flexibility index (Phi) is 8.67. The number of anilines is 3. The Labute approximate surface area is 211 Å². The van der Waals surface area contributed by atoms with Gasteiger partial charge in [0.15, 0.2) is 0 Å². The summed E-state index contributed by atoms with van der Waals surface area (Å²) in [5.74, 6) is -1.56. The topological polar surface area (TPSA) is 114 Å². The largest absolute Gasteiger partial charge is 0.465 e. The van der Waals surface area contributed by atoms with Crippen LogP contribution in [0, 0.1) is 6.92 Å². The van der Waals surface area contributed by atoms with E-state index in [2.05, 4.69) is 16.0 Å². The SMILES string of the molecule is COC(=O)c1c(NC(=O)C(C)Sc2cccc(NC(C)=O)c2)sc(C(=O)Nc2ccccc2)c1C. The molecule has 10 heteroatoms. The van der Waals surface area contributed by atoms with E-state index in [9.17, 15) is 19.2 Å². The molecule has 0 fully saturated rings. The fourth-order valence-electron chi connectivity index (χ4n) is 3.20. The first-order chi connectivity index (χ1) is 16.7. The minimum absolute atomic E-state index is 0.147. The van der Waals surface area contributed by atoms with Crippen LogP contribution in [0.2, 0.25) is 0 Å². The van der Waals surface area contributed by atoms with Gasteiger partial charge in [0.25, 0.3) is 5.91 Å². The first kappa shape index (κ1) is 26.0. The Morgan fingerprint density at radius 1 is 0.943 bits per heavy atom. The Balaban J connectivity index is 1.79. The lowest BCUT2D eigenvalue weighted by molar-refractivity contribution is -0.115. The van der Waals surface area contributed by atoms with Crippen LogP contribution in [0.15, 0.2) is 59.5 Å². The van der Waals surface area contributed by atoms with E-state index < -0.39 is 11.2 Å². The van der Waals surface area contributed by atoms with Crippen LogP contribution < -0.4 is 16.0 Å². The van der Waals surface area contributed by atoms with Crippen molar-refractivity contribution in [2.75, 3.05) is 23.1 Å². The molecule has 3 aromatic rings. The van der Waals surface area contributed by atoms with Crippen LogP contribution in [0.25, 0.3) is 0 Å². The third kappa shape index (κ3) is 6.71. The van der Waals surface area contributed by atoms with Crippen LogP contribution in [0.4, 0.5) is 16.4 Å². The summed E-state index contributed by atoms with van der Waals surface area (Å²) in [6, 6.07) is 16.1. The van der Waals surface area contributed by atoms with Crippen molar-refractivity contribution in [2.24, 2.45) is 0 Å². The second-order valence-electron chi connectivity index (χ2n) is 7.53. The van der Waals surface area contributed by atoms with E-state index in [0.717, 1.165) is 16.2 Å². The molecule has 35 heavy (non-hydrogen) atoms. The van der Waals surface area contributed by atoms with Crippen LogP contribution >= 0.6 is 23.1 Å². The molecule has 0 aliphatic heterocycles. The standard InChI is InChI=1S/C25H25N3O5S2/c1-14-20(25(32)33-4)24(35-21(14)23(31)27-17-9-6-5-7-10-17)28-22(30)15(2)34-19-12-8-11-18(13-19)26-16(3)29/h5-13,15H,1-4H3,(H,26,29)(H,27,31)(H,28,30). The Morgan fingerprint density at radius 2 is 1.63 bits per heavy atom. The number of esters is 1. The highest BCUT2D eigenvalue weighted by atomic mass is 32.2. The lowest BCUT2D eigenvalue weighted by atomic mass is 10.1. The third-order valence-electron chi connectivity index (χ3n) is 4.85. The second-order valence-corrected chi connectivity index (χ2v) is 9.97. The summed E-state index contributed by atoms with van der Waals surface area (Å²) >= 11 is 2.31. The Morgan fingerprint density at radius 3 is 2.29 bits per heavy atom. The number of benzene rings is 2. The summed E-state index contributed by atoms with van der Waals surface area (Å²) in [5.41, 5.74) is 1.82. The van der Waals surface area contributed by atoms with Crippen molar-refractivity contribution in [3.63, 3.8) is 0 Å². The number of ether oxygens (including phenoxy) is 1. The molecule has 182 valence electrons. The molecule has 0 radical (unpaired) electrons. The molecule has 0 saturated heterocycles. The van der Waals surface area contributed by atoms with E-state index in [1.165, 1.54) is 25.8 Å². The summed E-state index contributed by atoms with van der Waals surface area (Å²) in [4.78, 5) is 50.7. The molecule has 1 unspecified atom stereocenters. The van der Waals surface area contributed by atoms with Gasteiger partial charge in [-0.3, -0.25) is 14.4 Å². The fourth-order valence-corrected chi connectivity index (χ4v) is 5.22.